The predicted molar refractivity (Wildman–Crippen MR) is 61.9 cm³/mol. The van der Waals surface area contributed by atoms with E-state index in [0.717, 1.165) is 17.0 Å². The Morgan fingerprint density at radius 3 is 3.00 bits per heavy atom. The number of hydrogen-bond donors (Lipinski definition) is 1. The first-order valence-corrected chi connectivity index (χ1v) is 5.45. The molecule has 1 nitrogen and oxygen atoms in total. The van der Waals surface area contributed by atoms with Crippen LogP contribution in [0.2, 0.25) is 5.02 Å². The fraction of sp³-hybridized carbons (Fsp3) is 0.333. The van der Waals surface area contributed by atoms with E-state index in [1.807, 2.05) is 12.1 Å². The molecule has 0 fully saturated rings. The number of aromatic nitrogens is 1. The van der Waals surface area contributed by atoms with Crippen LogP contribution in [-0.2, 0) is 6.42 Å². The van der Waals surface area contributed by atoms with Crippen LogP contribution in [0, 0.1) is 0 Å². The maximum absolute atomic E-state index is 6.07. The monoisotopic (exact) mass is 207 g/mol. The standard InChI is InChI=1S/C12H14ClN/c1-2-3-5-9-8-14-12-10(9)6-4-7-11(12)13/h4,6-8,14H,2-3,5H2,1H3. The molecule has 0 atom stereocenters. The second-order valence-corrected chi connectivity index (χ2v) is 3.99. The van der Waals surface area contributed by atoms with Crippen molar-refractivity contribution in [3.05, 3.63) is 35.0 Å². The van der Waals surface area contributed by atoms with Crippen LogP contribution in [0.4, 0.5) is 0 Å². The molecule has 0 bridgehead atoms. The van der Waals surface area contributed by atoms with Crippen molar-refractivity contribution in [3.8, 4) is 0 Å². The molecule has 1 aromatic heterocycles. The van der Waals surface area contributed by atoms with Gasteiger partial charge in [0.1, 0.15) is 0 Å². The van der Waals surface area contributed by atoms with Crippen molar-refractivity contribution in [3.63, 3.8) is 0 Å². The lowest BCUT2D eigenvalue weighted by Crippen LogP contribution is -1.81. The van der Waals surface area contributed by atoms with Gasteiger partial charge in [-0.2, -0.15) is 0 Å². The van der Waals surface area contributed by atoms with Crippen LogP contribution >= 0.6 is 11.6 Å². The van der Waals surface area contributed by atoms with Gasteiger partial charge in [0.05, 0.1) is 10.5 Å². The van der Waals surface area contributed by atoms with Gasteiger partial charge in [-0.25, -0.2) is 0 Å². The van der Waals surface area contributed by atoms with E-state index in [0.29, 0.717) is 0 Å². The number of benzene rings is 1. The minimum atomic E-state index is 0.810. The Labute approximate surface area is 89.1 Å². The molecule has 1 N–H and O–H groups in total. The third-order valence-electron chi connectivity index (χ3n) is 2.55. The van der Waals surface area contributed by atoms with E-state index in [-0.39, 0.29) is 0 Å². The molecule has 0 aliphatic carbocycles. The number of fused-ring (bicyclic) bond motifs is 1. The van der Waals surface area contributed by atoms with Gasteiger partial charge in [-0.15, -0.1) is 0 Å². The molecular weight excluding hydrogens is 194 g/mol. The number of H-pyrrole nitrogens is 1. The molecule has 0 unspecified atom stereocenters. The molecule has 0 aliphatic rings. The molecule has 0 saturated carbocycles. The van der Waals surface area contributed by atoms with Crippen LogP contribution in [0.15, 0.2) is 24.4 Å². The van der Waals surface area contributed by atoms with Crippen molar-refractivity contribution in [2.75, 3.05) is 0 Å². The van der Waals surface area contributed by atoms with Crippen LogP contribution < -0.4 is 0 Å². The Morgan fingerprint density at radius 2 is 2.21 bits per heavy atom. The van der Waals surface area contributed by atoms with Crippen molar-refractivity contribution in [1.82, 2.24) is 4.98 Å². The first kappa shape index (κ1) is 9.60. The average molecular weight is 208 g/mol. The number of aryl methyl sites for hydroxylation is 1. The van der Waals surface area contributed by atoms with Gasteiger partial charge in [-0.1, -0.05) is 37.1 Å². The zero-order valence-electron chi connectivity index (χ0n) is 8.31. The van der Waals surface area contributed by atoms with E-state index in [1.54, 1.807) is 0 Å². The van der Waals surface area contributed by atoms with Crippen molar-refractivity contribution < 1.29 is 0 Å². The second-order valence-electron chi connectivity index (χ2n) is 3.58. The highest BCUT2D eigenvalue weighted by atomic mass is 35.5. The summed E-state index contributed by atoms with van der Waals surface area (Å²) >= 11 is 6.07. The number of unbranched alkanes of at least 4 members (excludes halogenated alkanes) is 1. The third kappa shape index (κ3) is 1.64. The fourth-order valence-electron chi connectivity index (χ4n) is 1.75. The minimum Gasteiger partial charge on any atom is -0.360 e. The first-order chi connectivity index (χ1) is 6.83. The lowest BCUT2D eigenvalue weighted by molar-refractivity contribution is 0.799. The number of aromatic amines is 1. The second kappa shape index (κ2) is 4.05. The molecule has 0 radical (unpaired) electrons. The molecule has 2 rings (SSSR count). The van der Waals surface area contributed by atoms with Crippen molar-refractivity contribution in [2.24, 2.45) is 0 Å². The third-order valence-corrected chi connectivity index (χ3v) is 2.86. The highest BCUT2D eigenvalue weighted by molar-refractivity contribution is 6.35. The Morgan fingerprint density at radius 1 is 1.36 bits per heavy atom. The number of rotatable bonds is 3. The normalized spacial score (nSPS) is 11.0. The van der Waals surface area contributed by atoms with Crippen molar-refractivity contribution in [2.45, 2.75) is 26.2 Å². The molecule has 0 amide bonds. The van der Waals surface area contributed by atoms with Gasteiger partial charge in [0.15, 0.2) is 0 Å². The van der Waals surface area contributed by atoms with E-state index in [4.69, 9.17) is 11.6 Å². The predicted octanol–water partition coefficient (Wildman–Crippen LogP) is 4.16. The Bertz CT molecular complexity index is 431. The molecule has 1 heterocycles. The van der Waals surface area contributed by atoms with Crippen molar-refractivity contribution >= 4 is 22.5 Å². The molecule has 2 heteroatoms. The molecule has 0 saturated heterocycles. The number of halogens is 1. The van der Waals surface area contributed by atoms with E-state index in [9.17, 15) is 0 Å². The number of para-hydroxylation sites is 1. The lowest BCUT2D eigenvalue weighted by atomic mass is 10.1. The summed E-state index contributed by atoms with van der Waals surface area (Å²) in [5, 5.41) is 2.08. The van der Waals surface area contributed by atoms with E-state index < -0.39 is 0 Å². The summed E-state index contributed by atoms with van der Waals surface area (Å²) in [5.41, 5.74) is 2.45. The molecule has 1 aromatic carbocycles. The average Bonchev–Trinajstić information content (AvgIpc) is 2.60. The van der Waals surface area contributed by atoms with Crippen LogP contribution in [0.25, 0.3) is 10.9 Å². The summed E-state index contributed by atoms with van der Waals surface area (Å²) in [7, 11) is 0. The van der Waals surface area contributed by atoms with Gasteiger partial charge in [-0.05, 0) is 24.5 Å². The quantitative estimate of drug-likeness (QED) is 0.778. The number of nitrogens with one attached hydrogen (secondary N) is 1. The Balaban J connectivity index is 2.42. The van der Waals surface area contributed by atoms with Crippen LogP contribution in [0.5, 0.6) is 0 Å². The van der Waals surface area contributed by atoms with E-state index in [2.05, 4.69) is 24.2 Å². The fourth-order valence-corrected chi connectivity index (χ4v) is 1.98. The highest BCUT2D eigenvalue weighted by Gasteiger charge is 2.04. The zero-order valence-corrected chi connectivity index (χ0v) is 9.06. The summed E-state index contributed by atoms with van der Waals surface area (Å²) in [6.45, 7) is 2.21. The van der Waals surface area contributed by atoms with Crippen molar-refractivity contribution in [1.29, 1.82) is 0 Å². The van der Waals surface area contributed by atoms with Crippen LogP contribution in [0.3, 0.4) is 0 Å². The SMILES string of the molecule is CCCCc1c[nH]c2c(Cl)cccc12. The molecule has 0 aliphatic heterocycles. The zero-order chi connectivity index (χ0) is 9.97. The molecule has 2 aromatic rings. The topological polar surface area (TPSA) is 15.8 Å². The molecule has 0 spiro atoms. The molecule has 14 heavy (non-hydrogen) atoms. The maximum Gasteiger partial charge on any atom is 0.0647 e. The van der Waals surface area contributed by atoms with Gasteiger partial charge < -0.3 is 4.98 Å². The number of hydrogen-bond acceptors (Lipinski definition) is 0. The summed E-state index contributed by atoms with van der Waals surface area (Å²) < 4.78 is 0. The van der Waals surface area contributed by atoms with Gasteiger partial charge in [-0.3, -0.25) is 0 Å². The van der Waals surface area contributed by atoms with Gasteiger partial charge in [0.2, 0.25) is 0 Å². The lowest BCUT2D eigenvalue weighted by Gasteiger charge is -1.97. The summed E-state index contributed by atoms with van der Waals surface area (Å²) in [4.78, 5) is 3.23. The minimum absolute atomic E-state index is 0.810. The largest absolute Gasteiger partial charge is 0.360 e. The van der Waals surface area contributed by atoms with Gasteiger partial charge >= 0.3 is 0 Å². The van der Waals surface area contributed by atoms with E-state index in [1.165, 1.54) is 23.8 Å². The summed E-state index contributed by atoms with van der Waals surface area (Å²) in [5.74, 6) is 0. The van der Waals surface area contributed by atoms with Crippen LogP contribution in [0.1, 0.15) is 25.3 Å². The summed E-state index contributed by atoms with van der Waals surface area (Å²) in [6.07, 6.45) is 5.68. The van der Waals surface area contributed by atoms with E-state index >= 15 is 0 Å². The smallest absolute Gasteiger partial charge is 0.0647 e. The first-order valence-electron chi connectivity index (χ1n) is 5.07. The van der Waals surface area contributed by atoms with Gasteiger partial charge in [0, 0.05) is 11.6 Å². The summed E-state index contributed by atoms with van der Waals surface area (Å²) in [6, 6.07) is 6.06. The molecular formula is C12H14ClN. The van der Waals surface area contributed by atoms with Crippen LogP contribution in [-0.4, -0.2) is 4.98 Å². The Hall–Kier alpha value is -0.950. The van der Waals surface area contributed by atoms with Gasteiger partial charge in [0.25, 0.3) is 0 Å². The molecule has 74 valence electrons. The Kier molecular flexibility index (Phi) is 2.78. The highest BCUT2D eigenvalue weighted by Crippen LogP contribution is 2.25. The maximum atomic E-state index is 6.07.